The van der Waals surface area contributed by atoms with Gasteiger partial charge in [0.15, 0.2) is 5.67 Å². The smallest absolute Gasteiger partial charge is 0.343 e. The number of Topliss-reactive ketones (excluding diaryl/α,β-unsaturated/α-hetero) is 1. The Labute approximate surface area is 181 Å². The van der Waals surface area contributed by atoms with Crippen LogP contribution >= 0.6 is 0 Å². The Hall–Kier alpha value is -2.53. The third kappa shape index (κ3) is 2.68. The Kier molecular flexibility index (Phi) is 4.43. The molecule has 5 heteroatoms. The number of carbonyl (C=O) groups is 2. The minimum Gasteiger partial charge on any atom is -0.423 e. The lowest BCUT2D eigenvalue weighted by Gasteiger charge is -2.59. The average molecular weight is 422 g/mol. The number of aliphatic hydroxyl groups is 1. The molecule has 0 saturated heterocycles. The second kappa shape index (κ2) is 6.73. The first-order valence-corrected chi connectivity index (χ1v) is 11.0. The van der Waals surface area contributed by atoms with Crippen molar-refractivity contribution in [3.8, 4) is 0 Å². The highest BCUT2D eigenvalue weighted by Crippen LogP contribution is 2.66. The molecule has 0 amide bonds. The average Bonchev–Trinajstić information content (AvgIpc) is 3.04. The zero-order valence-electron chi connectivity index (χ0n) is 17.8. The predicted molar refractivity (Wildman–Crippen MR) is 114 cm³/mol. The van der Waals surface area contributed by atoms with Crippen LogP contribution in [0.3, 0.4) is 0 Å². The third-order valence-corrected chi connectivity index (χ3v) is 8.35. The van der Waals surface area contributed by atoms with Gasteiger partial charge in [0.2, 0.25) is 0 Å². The summed E-state index contributed by atoms with van der Waals surface area (Å²) in [7, 11) is 0. The number of rotatable bonds is 2. The largest absolute Gasteiger partial charge is 0.423 e. The summed E-state index contributed by atoms with van der Waals surface area (Å²) < 4.78 is 22.5. The Bertz CT molecular complexity index is 1040. The number of alkyl halides is 1. The van der Waals surface area contributed by atoms with Crippen LogP contribution in [0, 0.1) is 22.7 Å². The molecule has 31 heavy (non-hydrogen) atoms. The minimum absolute atomic E-state index is 0.0716. The Morgan fingerprint density at radius 1 is 1.19 bits per heavy atom. The molecule has 2 fully saturated rings. The van der Waals surface area contributed by atoms with Crippen molar-refractivity contribution in [3.63, 3.8) is 0 Å². The summed E-state index contributed by atoms with van der Waals surface area (Å²) >= 11 is 0. The number of benzene rings is 1. The Morgan fingerprint density at radius 3 is 2.68 bits per heavy atom. The van der Waals surface area contributed by atoms with Gasteiger partial charge < -0.3 is 9.84 Å². The van der Waals surface area contributed by atoms with Crippen LogP contribution in [0.5, 0.6) is 0 Å². The number of hydrogen-bond acceptors (Lipinski definition) is 4. The summed E-state index contributed by atoms with van der Waals surface area (Å²) in [5, 5.41) is 11.1. The maximum atomic E-state index is 16.9. The number of fused-ring (bicyclic) bond motifs is 5. The summed E-state index contributed by atoms with van der Waals surface area (Å²) in [5.41, 5.74) is -2.43. The Morgan fingerprint density at radius 2 is 1.94 bits per heavy atom. The van der Waals surface area contributed by atoms with Gasteiger partial charge >= 0.3 is 5.97 Å². The van der Waals surface area contributed by atoms with Crippen LogP contribution in [0.4, 0.5) is 4.39 Å². The second-order valence-electron chi connectivity index (χ2n) is 9.81. The normalized spacial score (nSPS) is 40.9. The molecular formula is C26H27FO4. The second-order valence-corrected chi connectivity index (χ2v) is 9.81. The summed E-state index contributed by atoms with van der Waals surface area (Å²) in [5.74, 6) is -0.466. The van der Waals surface area contributed by atoms with E-state index < -0.39 is 34.5 Å². The standard InChI is InChI=1S/C26H27FO4/c1-24-15-22(29)26(27)20(19(24)10-11-21(24)28)9-8-17-14-18(12-13-25(17,26)2)31-23(30)16-6-4-3-5-7-16/h3-8,12-14,19-20,22,29H,9-11,15H2,1-2H3/t19-,20-,22-,24-,25-,26?/m0/s1. The van der Waals surface area contributed by atoms with E-state index in [2.05, 4.69) is 0 Å². The quantitative estimate of drug-likeness (QED) is 0.702. The molecule has 0 radical (unpaired) electrons. The number of esters is 1. The molecule has 1 unspecified atom stereocenters. The van der Waals surface area contributed by atoms with E-state index >= 15 is 4.39 Å². The number of ketones is 1. The van der Waals surface area contributed by atoms with Crippen LogP contribution in [-0.4, -0.2) is 28.6 Å². The molecule has 162 valence electrons. The van der Waals surface area contributed by atoms with Crippen LogP contribution in [0.2, 0.25) is 0 Å². The topological polar surface area (TPSA) is 63.6 Å². The van der Waals surface area contributed by atoms with E-state index in [0.29, 0.717) is 36.2 Å². The van der Waals surface area contributed by atoms with Crippen LogP contribution in [0.1, 0.15) is 49.9 Å². The highest BCUT2D eigenvalue weighted by molar-refractivity contribution is 5.90. The van der Waals surface area contributed by atoms with Gasteiger partial charge in [-0.1, -0.05) is 37.3 Å². The fraction of sp³-hybridized carbons (Fsp3) is 0.462. The molecule has 4 nitrogen and oxygen atoms in total. The zero-order valence-corrected chi connectivity index (χ0v) is 17.8. The molecule has 5 rings (SSSR count). The molecule has 0 heterocycles. The van der Waals surface area contributed by atoms with Gasteiger partial charge in [-0.2, -0.15) is 0 Å². The number of halogens is 1. The molecule has 0 bridgehead atoms. The lowest BCUT2D eigenvalue weighted by Crippen LogP contribution is -2.65. The lowest BCUT2D eigenvalue weighted by atomic mass is 9.47. The molecule has 1 aromatic rings. The summed E-state index contributed by atoms with van der Waals surface area (Å²) in [6.45, 7) is 3.70. The van der Waals surface area contributed by atoms with Crippen molar-refractivity contribution in [3.05, 3.63) is 71.5 Å². The monoisotopic (exact) mass is 422 g/mol. The van der Waals surface area contributed by atoms with E-state index in [-0.39, 0.29) is 18.1 Å². The number of aliphatic hydroxyl groups excluding tert-OH is 1. The SMILES string of the molecule is C[C@]12C=CC(OC(=O)c3ccccc3)=CC1=CC[C@H]1[C@@H]3CCC(=O)[C@@]3(C)C[C@H](O)C12F. The highest BCUT2D eigenvalue weighted by Gasteiger charge is 2.69. The molecule has 6 atom stereocenters. The summed E-state index contributed by atoms with van der Waals surface area (Å²) in [4.78, 5) is 25.0. The van der Waals surface area contributed by atoms with Gasteiger partial charge in [0, 0.05) is 23.2 Å². The molecule has 0 aromatic heterocycles. The van der Waals surface area contributed by atoms with E-state index in [1.54, 1.807) is 49.4 Å². The van der Waals surface area contributed by atoms with Crippen LogP contribution < -0.4 is 0 Å². The highest BCUT2D eigenvalue weighted by atomic mass is 19.1. The maximum absolute atomic E-state index is 16.9. The molecular weight excluding hydrogens is 395 g/mol. The fourth-order valence-corrected chi connectivity index (χ4v) is 6.54. The summed E-state index contributed by atoms with van der Waals surface area (Å²) in [6.07, 6.45) is 7.56. The van der Waals surface area contributed by atoms with Gasteiger partial charge in [-0.15, -0.1) is 0 Å². The minimum atomic E-state index is -1.88. The molecule has 0 aliphatic heterocycles. The molecule has 1 aromatic carbocycles. The van der Waals surface area contributed by atoms with Crippen molar-refractivity contribution in [1.29, 1.82) is 0 Å². The van der Waals surface area contributed by atoms with Crippen molar-refractivity contribution < 1.29 is 23.8 Å². The first kappa shape index (κ1) is 20.4. The van der Waals surface area contributed by atoms with Crippen molar-refractivity contribution in [1.82, 2.24) is 0 Å². The number of carbonyl (C=O) groups excluding carboxylic acids is 2. The summed E-state index contributed by atoms with van der Waals surface area (Å²) in [6, 6.07) is 8.71. The predicted octanol–water partition coefficient (Wildman–Crippen LogP) is 4.71. The maximum Gasteiger partial charge on any atom is 0.343 e. The number of ether oxygens (including phenoxy) is 1. The van der Waals surface area contributed by atoms with Gasteiger partial charge in [0.05, 0.1) is 11.7 Å². The Balaban J connectivity index is 1.48. The number of hydrogen-bond donors (Lipinski definition) is 1. The molecule has 1 N–H and O–H groups in total. The van der Waals surface area contributed by atoms with Gasteiger partial charge in [-0.3, -0.25) is 4.79 Å². The number of allylic oxidation sites excluding steroid dienone is 5. The lowest BCUT2D eigenvalue weighted by molar-refractivity contribution is -0.182. The van der Waals surface area contributed by atoms with Crippen molar-refractivity contribution in [2.45, 2.75) is 51.3 Å². The third-order valence-electron chi connectivity index (χ3n) is 8.35. The van der Waals surface area contributed by atoms with Gasteiger partial charge in [0.1, 0.15) is 11.5 Å². The van der Waals surface area contributed by atoms with Crippen LogP contribution in [0.15, 0.2) is 66.0 Å². The molecule has 4 aliphatic carbocycles. The van der Waals surface area contributed by atoms with Gasteiger partial charge in [-0.05, 0) is 62.0 Å². The molecule has 0 spiro atoms. The van der Waals surface area contributed by atoms with E-state index in [1.165, 1.54) is 0 Å². The van der Waals surface area contributed by atoms with Crippen LogP contribution in [0.25, 0.3) is 0 Å². The van der Waals surface area contributed by atoms with E-state index in [1.807, 2.05) is 19.1 Å². The van der Waals surface area contributed by atoms with Crippen molar-refractivity contribution >= 4 is 11.8 Å². The van der Waals surface area contributed by atoms with E-state index in [9.17, 15) is 14.7 Å². The first-order chi connectivity index (χ1) is 14.7. The van der Waals surface area contributed by atoms with Crippen molar-refractivity contribution in [2.75, 3.05) is 0 Å². The molecule has 2 saturated carbocycles. The zero-order chi connectivity index (χ0) is 22.0. The van der Waals surface area contributed by atoms with E-state index in [4.69, 9.17) is 4.74 Å². The molecule has 4 aliphatic rings. The van der Waals surface area contributed by atoms with Crippen LogP contribution in [-0.2, 0) is 9.53 Å². The van der Waals surface area contributed by atoms with Crippen molar-refractivity contribution in [2.24, 2.45) is 22.7 Å². The fourth-order valence-electron chi connectivity index (χ4n) is 6.54. The first-order valence-electron chi connectivity index (χ1n) is 11.0. The van der Waals surface area contributed by atoms with E-state index in [0.717, 1.165) is 0 Å². The van der Waals surface area contributed by atoms with Gasteiger partial charge in [0.25, 0.3) is 0 Å². The van der Waals surface area contributed by atoms with Gasteiger partial charge in [-0.25, -0.2) is 9.18 Å².